The summed E-state index contributed by atoms with van der Waals surface area (Å²) < 4.78 is 97.7. The van der Waals surface area contributed by atoms with Crippen molar-refractivity contribution in [2.45, 2.75) is 242 Å². The molecule has 4 aliphatic rings. The normalized spacial score (nSPS) is 23.6. The van der Waals surface area contributed by atoms with Crippen molar-refractivity contribution in [2.75, 3.05) is 211 Å². The van der Waals surface area contributed by atoms with Gasteiger partial charge in [0.2, 0.25) is 53.2 Å². The predicted octanol–water partition coefficient (Wildman–Crippen LogP) is -6.37. The lowest BCUT2D eigenvalue weighted by atomic mass is 9.86. The number of hydrogen-bond donors (Lipinski definition) is 18. The van der Waals surface area contributed by atoms with Gasteiger partial charge in [-0.15, -0.1) is 0 Å². The van der Waals surface area contributed by atoms with E-state index in [-0.39, 0.29) is 241 Å². The van der Waals surface area contributed by atoms with Crippen LogP contribution in [-0.2, 0) is 133 Å². The molecule has 0 aromatic carbocycles. The second-order valence-electron chi connectivity index (χ2n) is 32.7. The molecule has 0 spiro atoms. The molecule has 4 heterocycles. The molecule has 0 aliphatic carbocycles. The number of nitrogens with zero attached hydrogens (tertiary/aromatic N) is 1. The number of carbonyl (C=O) groups excluding carboxylic acids is 11. The van der Waals surface area contributed by atoms with E-state index in [2.05, 4.69) is 47.9 Å². The second kappa shape index (κ2) is 66.5. The van der Waals surface area contributed by atoms with Crippen LogP contribution in [0.4, 0.5) is 0 Å². The van der Waals surface area contributed by atoms with Gasteiger partial charge in [0, 0.05) is 116 Å². The molecule has 4 aliphatic heterocycles. The molecule has 47 nitrogen and oxygen atoms in total. The smallest absolute Gasteiger partial charge is 0.253 e. The van der Waals surface area contributed by atoms with Gasteiger partial charge in [0.15, 0.2) is 24.7 Å². The molecule has 131 heavy (non-hydrogen) atoms. The van der Waals surface area contributed by atoms with E-state index in [1.807, 2.05) is 20.8 Å². The summed E-state index contributed by atoms with van der Waals surface area (Å²) in [6, 6.07) is -3.34. The third-order valence-corrected chi connectivity index (χ3v) is 21.0. The van der Waals surface area contributed by atoms with Gasteiger partial charge in [0.25, 0.3) is 11.8 Å². The molecule has 0 bridgehead atoms. The molecular weight excluding hydrogens is 1740 g/mol. The molecule has 0 aromatic heterocycles. The Morgan fingerprint density at radius 1 is 0.344 bits per heavy atom. The molecule has 3 saturated heterocycles. The van der Waals surface area contributed by atoms with E-state index < -0.39 is 176 Å². The lowest BCUT2D eigenvalue weighted by Crippen LogP contribution is -2.64. The van der Waals surface area contributed by atoms with Gasteiger partial charge in [-0.25, -0.2) is 0 Å². The number of aliphatic hydroxyl groups is 9. The standard InChI is InChI=1S/C84H148N10O37/c1-56(98)90-70-76(112)73(109)59(50-95)129-79(70)124-47-44-118-41-38-115-33-24-85-64(103)21-30-121-53-84(54-122-31-22-65(104)86-25-34-116-39-42-119-45-48-125-80-71(91-57(2)99)77(113)74(110)60(51-96)130-80,55-123-32-23-66(105)87-26-35-117-40-43-120-46-49-126-81-72(92-58(3)100)78(114)75(111)61(52-97)131-81)93-67(106)17-15-13-11-9-8-10-12-14-16-62(101)88-27-36-127-83(7,82(4,5)6)128-37-28-89-63(102)20-29-94-68(107)18-19-69(94)108/h18-19,59-61,70-81,95-97,109-114H,8-17,20-55H2,1-7H3,(H,85,103)(H,86,104)(H,87,105)(H,88,101)(H,89,102)(H,90,98)(H,91,99)(H,92,100)(H,93,106). The minimum atomic E-state index is -1.48. The first-order chi connectivity index (χ1) is 62.7. The van der Waals surface area contributed by atoms with Crippen LogP contribution in [0.2, 0.25) is 0 Å². The number of rotatable bonds is 74. The quantitative estimate of drug-likeness (QED) is 0.0153. The van der Waals surface area contributed by atoms with Crippen molar-refractivity contribution < 1.29 is 179 Å². The number of ether oxygens (including phenoxy) is 17. The molecule has 16 atom stereocenters. The van der Waals surface area contributed by atoms with E-state index in [0.717, 1.165) is 49.2 Å². The van der Waals surface area contributed by atoms with E-state index in [1.54, 1.807) is 6.92 Å². The van der Waals surface area contributed by atoms with Crippen LogP contribution in [0.5, 0.6) is 0 Å². The topological polar surface area (TPSA) is 638 Å². The van der Waals surface area contributed by atoms with Gasteiger partial charge in [-0.3, -0.25) is 57.6 Å². The van der Waals surface area contributed by atoms with Gasteiger partial charge >= 0.3 is 0 Å². The van der Waals surface area contributed by atoms with Gasteiger partial charge in [0.1, 0.15) is 78.6 Å². The Bertz CT molecular complexity index is 3090. The van der Waals surface area contributed by atoms with Crippen LogP contribution in [0.1, 0.15) is 138 Å². The molecule has 0 saturated carbocycles. The Morgan fingerprint density at radius 3 is 0.924 bits per heavy atom. The first-order valence-corrected chi connectivity index (χ1v) is 44.9. The van der Waals surface area contributed by atoms with Crippen molar-refractivity contribution in [1.82, 2.24) is 52.8 Å². The number of imide groups is 1. The highest BCUT2D eigenvalue weighted by molar-refractivity contribution is 6.13. The maximum atomic E-state index is 14.1. The molecule has 11 amide bonds. The van der Waals surface area contributed by atoms with Crippen molar-refractivity contribution in [2.24, 2.45) is 5.41 Å². The molecule has 18 N–H and O–H groups in total. The summed E-state index contributed by atoms with van der Waals surface area (Å²) in [6.45, 7) is 10.4. The molecule has 16 unspecified atom stereocenters. The third-order valence-electron chi connectivity index (χ3n) is 21.0. The summed E-state index contributed by atoms with van der Waals surface area (Å²) in [4.78, 5) is 139. The molecule has 0 radical (unpaired) electrons. The summed E-state index contributed by atoms with van der Waals surface area (Å²) in [5.41, 5.74) is -1.93. The Hall–Kier alpha value is -6.93. The molecule has 47 heteroatoms. The highest BCUT2D eigenvalue weighted by Crippen LogP contribution is 2.35. The maximum absolute atomic E-state index is 14.1. The molecule has 0 aromatic rings. The van der Waals surface area contributed by atoms with Crippen molar-refractivity contribution in [1.29, 1.82) is 0 Å². The van der Waals surface area contributed by atoms with Gasteiger partial charge < -0.3 is 174 Å². The molecule has 4 rings (SSSR count). The Labute approximate surface area is 764 Å². The van der Waals surface area contributed by atoms with Gasteiger partial charge in [-0.1, -0.05) is 59.3 Å². The molecule has 756 valence electrons. The van der Waals surface area contributed by atoms with Crippen LogP contribution >= 0.6 is 0 Å². The predicted molar refractivity (Wildman–Crippen MR) is 458 cm³/mol. The number of nitrogens with one attached hydrogen (secondary N) is 9. The van der Waals surface area contributed by atoms with Crippen molar-refractivity contribution in [3.63, 3.8) is 0 Å². The number of unbranched alkanes of at least 4 members (excludes halogenated alkanes) is 7. The second-order valence-corrected chi connectivity index (χ2v) is 32.7. The van der Waals surface area contributed by atoms with Gasteiger partial charge in [0.05, 0.1) is 172 Å². The SMILES string of the molecule is CC(=O)NC1C(OCCOCCOCCNC(=O)CCOCC(COCCC(=O)NCCOCCOCCOC2OC(CO)C(O)C(O)C2NC(C)=O)(COCCC(=O)NCCOCCOCCOC2OC(CO)C(O)C(O)C2NC(C)=O)NC(=O)CCCCCCCCCCC(=O)NCCOC(C)(OCCNC(=O)CCN2C(=O)C=CC2=O)C(C)(C)C)OC(CO)C(O)C1O. The monoisotopic (exact) mass is 1890 g/mol. The van der Waals surface area contributed by atoms with E-state index in [1.165, 1.54) is 20.8 Å². The fourth-order valence-corrected chi connectivity index (χ4v) is 13.4. The van der Waals surface area contributed by atoms with Crippen molar-refractivity contribution >= 4 is 65.0 Å². The van der Waals surface area contributed by atoms with Crippen LogP contribution < -0.4 is 47.9 Å². The van der Waals surface area contributed by atoms with Crippen molar-refractivity contribution in [3.05, 3.63) is 12.2 Å². The summed E-state index contributed by atoms with van der Waals surface area (Å²) in [7, 11) is 0. The van der Waals surface area contributed by atoms with E-state index in [0.29, 0.717) is 25.7 Å². The van der Waals surface area contributed by atoms with Crippen LogP contribution in [-0.4, -0.2) is 430 Å². The fraction of sp³-hybridized carbons (Fsp3) is 0.845. The first-order valence-electron chi connectivity index (χ1n) is 44.9. The minimum absolute atomic E-state index is 0.0343. The van der Waals surface area contributed by atoms with Crippen LogP contribution in [0.25, 0.3) is 0 Å². The maximum Gasteiger partial charge on any atom is 0.253 e. The zero-order chi connectivity index (χ0) is 96.4. The van der Waals surface area contributed by atoms with Crippen LogP contribution in [0.15, 0.2) is 12.2 Å². The van der Waals surface area contributed by atoms with E-state index >= 15 is 0 Å². The number of amides is 11. The van der Waals surface area contributed by atoms with Crippen molar-refractivity contribution in [3.8, 4) is 0 Å². The minimum Gasteiger partial charge on any atom is -0.394 e. The Balaban J connectivity index is 1.29. The van der Waals surface area contributed by atoms with Crippen LogP contribution in [0.3, 0.4) is 0 Å². The lowest BCUT2D eigenvalue weighted by Gasteiger charge is -2.42. The summed E-state index contributed by atoms with van der Waals surface area (Å²) in [5.74, 6) is -5.53. The van der Waals surface area contributed by atoms with Gasteiger partial charge in [-0.2, -0.15) is 0 Å². The largest absolute Gasteiger partial charge is 0.394 e. The average molecular weight is 1890 g/mol. The summed E-state index contributed by atoms with van der Waals surface area (Å²) in [6.07, 6.45) is -7.35. The van der Waals surface area contributed by atoms with Gasteiger partial charge in [-0.05, 0) is 19.8 Å². The Kier molecular flexibility index (Phi) is 59.1. The number of aliphatic hydroxyl groups excluding tert-OH is 9. The fourth-order valence-electron chi connectivity index (χ4n) is 13.4. The number of carbonyl (C=O) groups is 11. The van der Waals surface area contributed by atoms with E-state index in [9.17, 15) is 98.7 Å². The summed E-state index contributed by atoms with van der Waals surface area (Å²) >= 11 is 0. The number of hydrogen-bond acceptors (Lipinski definition) is 37. The Morgan fingerprint density at radius 2 is 0.618 bits per heavy atom. The molecule has 3 fully saturated rings. The zero-order valence-corrected chi connectivity index (χ0v) is 76.7. The first kappa shape index (κ1) is 116. The van der Waals surface area contributed by atoms with Crippen LogP contribution in [0, 0.1) is 5.41 Å². The molecular formula is C84H148N10O37. The highest BCUT2D eigenvalue weighted by atomic mass is 16.7. The highest BCUT2D eigenvalue weighted by Gasteiger charge is 2.49. The average Bonchev–Trinajstić information content (AvgIpc) is 1.60. The lowest BCUT2D eigenvalue weighted by molar-refractivity contribution is -0.276. The summed E-state index contributed by atoms with van der Waals surface area (Å²) in [5, 5.41) is 116. The third kappa shape index (κ3) is 47.4. The van der Waals surface area contributed by atoms with E-state index in [4.69, 9.17) is 80.5 Å². The zero-order valence-electron chi connectivity index (χ0n) is 76.7.